The Balaban J connectivity index is 1.74. The SMILES string of the molecule is CCN(CC(=O)NCc1ccc(F)cc1)CC(=O)c1c(N)n(Cc2ccccc2)c(=O)n(C)c1=O. The van der Waals surface area contributed by atoms with Crippen molar-refractivity contribution in [3.63, 3.8) is 0 Å². The van der Waals surface area contributed by atoms with Crippen molar-refractivity contribution >= 4 is 17.5 Å². The fourth-order valence-corrected chi connectivity index (χ4v) is 3.59. The minimum atomic E-state index is -0.779. The van der Waals surface area contributed by atoms with E-state index in [0.717, 1.165) is 15.7 Å². The first-order valence-electron chi connectivity index (χ1n) is 11.1. The number of rotatable bonds is 10. The average Bonchev–Trinajstić information content (AvgIpc) is 2.85. The summed E-state index contributed by atoms with van der Waals surface area (Å²) in [6.45, 7) is 2.13. The number of amides is 1. The Morgan fingerprint density at radius 3 is 2.29 bits per heavy atom. The molecule has 3 N–H and O–H groups in total. The van der Waals surface area contributed by atoms with Crippen LogP contribution >= 0.6 is 0 Å². The zero-order valence-electron chi connectivity index (χ0n) is 19.7. The van der Waals surface area contributed by atoms with E-state index in [1.165, 1.54) is 23.7 Å². The average molecular weight is 482 g/mol. The summed E-state index contributed by atoms with van der Waals surface area (Å²) in [4.78, 5) is 52.5. The van der Waals surface area contributed by atoms with Gasteiger partial charge in [0.1, 0.15) is 17.2 Å². The first kappa shape index (κ1) is 25.6. The number of likely N-dealkylation sites (N-methyl/N-ethyl adjacent to an activating group) is 1. The highest BCUT2D eigenvalue weighted by atomic mass is 19.1. The van der Waals surface area contributed by atoms with Gasteiger partial charge < -0.3 is 11.1 Å². The van der Waals surface area contributed by atoms with Crippen LogP contribution < -0.4 is 22.3 Å². The van der Waals surface area contributed by atoms with Crippen LogP contribution in [-0.4, -0.2) is 45.4 Å². The minimum Gasteiger partial charge on any atom is -0.384 e. The van der Waals surface area contributed by atoms with Crippen LogP contribution in [0, 0.1) is 5.82 Å². The standard InChI is InChI=1S/C25H28FN5O4/c1-3-30(16-21(33)28-13-17-9-11-19(26)12-10-17)15-20(32)22-23(27)31(25(35)29(2)24(22)34)14-18-7-5-4-6-8-18/h4-12H,3,13-16,27H2,1-2H3,(H,28,33). The number of nitrogens with zero attached hydrogens (tertiary/aromatic N) is 3. The summed E-state index contributed by atoms with van der Waals surface area (Å²) in [5.74, 6) is -1.49. The molecule has 0 atom stereocenters. The van der Waals surface area contributed by atoms with Crippen molar-refractivity contribution in [1.29, 1.82) is 0 Å². The van der Waals surface area contributed by atoms with Gasteiger partial charge in [-0.15, -0.1) is 0 Å². The monoisotopic (exact) mass is 481 g/mol. The van der Waals surface area contributed by atoms with E-state index >= 15 is 0 Å². The van der Waals surface area contributed by atoms with E-state index in [-0.39, 0.29) is 49.3 Å². The fraction of sp³-hybridized carbons (Fsp3) is 0.280. The van der Waals surface area contributed by atoms with E-state index in [0.29, 0.717) is 6.54 Å². The van der Waals surface area contributed by atoms with Crippen LogP contribution in [0.1, 0.15) is 28.4 Å². The second kappa shape index (κ2) is 11.4. The van der Waals surface area contributed by atoms with Gasteiger partial charge in [-0.05, 0) is 29.8 Å². The molecule has 184 valence electrons. The third kappa shape index (κ3) is 6.30. The number of ketones is 1. The first-order valence-corrected chi connectivity index (χ1v) is 11.1. The number of Topliss-reactive ketones (excluding diaryl/α,β-unsaturated/α-hetero) is 1. The Bertz CT molecular complexity index is 1320. The molecule has 0 aliphatic rings. The van der Waals surface area contributed by atoms with E-state index in [1.54, 1.807) is 24.0 Å². The smallest absolute Gasteiger partial charge is 0.332 e. The summed E-state index contributed by atoms with van der Waals surface area (Å²) >= 11 is 0. The summed E-state index contributed by atoms with van der Waals surface area (Å²) in [7, 11) is 1.29. The molecule has 9 nitrogen and oxygen atoms in total. The van der Waals surface area contributed by atoms with Gasteiger partial charge in [-0.3, -0.25) is 28.4 Å². The summed E-state index contributed by atoms with van der Waals surface area (Å²) in [5, 5.41) is 2.72. The van der Waals surface area contributed by atoms with E-state index in [2.05, 4.69) is 5.32 Å². The molecule has 3 rings (SSSR count). The first-order chi connectivity index (χ1) is 16.7. The molecule has 0 spiro atoms. The third-order valence-electron chi connectivity index (χ3n) is 5.63. The van der Waals surface area contributed by atoms with Crippen molar-refractivity contribution in [1.82, 2.24) is 19.4 Å². The number of carbonyl (C=O) groups excluding carboxylic acids is 2. The van der Waals surface area contributed by atoms with Crippen molar-refractivity contribution < 1.29 is 14.0 Å². The van der Waals surface area contributed by atoms with E-state index < -0.39 is 17.0 Å². The molecule has 0 saturated carbocycles. The van der Waals surface area contributed by atoms with Gasteiger partial charge >= 0.3 is 5.69 Å². The van der Waals surface area contributed by atoms with Crippen LogP contribution in [0.3, 0.4) is 0 Å². The molecule has 35 heavy (non-hydrogen) atoms. The van der Waals surface area contributed by atoms with Crippen LogP contribution in [-0.2, 0) is 24.9 Å². The highest BCUT2D eigenvalue weighted by Crippen LogP contribution is 2.10. The molecular weight excluding hydrogens is 453 g/mol. The molecule has 0 aliphatic heterocycles. The van der Waals surface area contributed by atoms with Crippen molar-refractivity contribution in [2.75, 3.05) is 25.4 Å². The number of carbonyl (C=O) groups is 2. The van der Waals surface area contributed by atoms with Gasteiger partial charge in [0.2, 0.25) is 5.91 Å². The molecule has 1 aromatic heterocycles. The maximum absolute atomic E-state index is 13.1. The number of anilines is 1. The number of halogens is 1. The summed E-state index contributed by atoms with van der Waals surface area (Å²) in [6, 6.07) is 14.8. The Kier molecular flexibility index (Phi) is 8.32. The van der Waals surface area contributed by atoms with Gasteiger partial charge in [0.05, 0.1) is 19.6 Å². The van der Waals surface area contributed by atoms with Gasteiger partial charge in [0.25, 0.3) is 5.56 Å². The van der Waals surface area contributed by atoms with Gasteiger partial charge in [0, 0.05) is 13.6 Å². The van der Waals surface area contributed by atoms with E-state index in [9.17, 15) is 23.6 Å². The Morgan fingerprint density at radius 1 is 1.00 bits per heavy atom. The largest absolute Gasteiger partial charge is 0.384 e. The number of nitrogens with two attached hydrogens (primary N) is 1. The predicted molar refractivity (Wildman–Crippen MR) is 131 cm³/mol. The van der Waals surface area contributed by atoms with Crippen LogP contribution in [0.15, 0.2) is 64.2 Å². The maximum Gasteiger partial charge on any atom is 0.332 e. The molecule has 0 bridgehead atoms. The molecule has 3 aromatic rings. The minimum absolute atomic E-state index is 0.0900. The molecule has 0 fully saturated rings. The number of hydrogen-bond acceptors (Lipinski definition) is 6. The molecule has 10 heteroatoms. The molecule has 0 saturated heterocycles. The lowest BCUT2D eigenvalue weighted by Gasteiger charge is -2.20. The molecule has 1 heterocycles. The summed E-state index contributed by atoms with van der Waals surface area (Å²) in [5.41, 5.74) is 5.98. The summed E-state index contributed by atoms with van der Waals surface area (Å²) in [6.07, 6.45) is 0. The Hall–Kier alpha value is -4.05. The summed E-state index contributed by atoms with van der Waals surface area (Å²) < 4.78 is 15.1. The van der Waals surface area contributed by atoms with Crippen molar-refractivity contribution in [2.24, 2.45) is 7.05 Å². The van der Waals surface area contributed by atoms with Gasteiger partial charge in [-0.25, -0.2) is 9.18 Å². The van der Waals surface area contributed by atoms with Crippen molar-refractivity contribution in [3.05, 3.63) is 97.9 Å². The number of hydrogen-bond donors (Lipinski definition) is 2. The number of nitrogens with one attached hydrogen (secondary N) is 1. The molecule has 0 radical (unpaired) electrons. The lowest BCUT2D eigenvalue weighted by molar-refractivity contribution is -0.122. The van der Waals surface area contributed by atoms with Gasteiger partial charge in [0.15, 0.2) is 5.78 Å². The fourth-order valence-electron chi connectivity index (χ4n) is 3.59. The van der Waals surface area contributed by atoms with Gasteiger partial charge in [-0.2, -0.15) is 0 Å². The van der Waals surface area contributed by atoms with Crippen LogP contribution in [0.2, 0.25) is 0 Å². The number of nitrogen functional groups attached to an aromatic ring is 1. The molecule has 2 aromatic carbocycles. The predicted octanol–water partition coefficient (Wildman–Crippen LogP) is 1.14. The van der Waals surface area contributed by atoms with Crippen LogP contribution in [0.5, 0.6) is 0 Å². The highest BCUT2D eigenvalue weighted by molar-refractivity contribution is 6.01. The zero-order chi connectivity index (χ0) is 25.5. The Labute approximate surface area is 201 Å². The normalized spacial score (nSPS) is 11.0. The lowest BCUT2D eigenvalue weighted by Crippen LogP contribution is -2.45. The zero-order valence-corrected chi connectivity index (χ0v) is 19.7. The number of benzene rings is 2. The van der Waals surface area contributed by atoms with Crippen molar-refractivity contribution in [3.8, 4) is 0 Å². The molecule has 0 unspecified atom stereocenters. The third-order valence-corrected chi connectivity index (χ3v) is 5.63. The number of aromatic nitrogens is 2. The van der Waals surface area contributed by atoms with E-state index in [1.807, 2.05) is 30.3 Å². The Morgan fingerprint density at radius 2 is 1.66 bits per heavy atom. The highest BCUT2D eigenvalue weighted by Gasteiger charge is 2.24. The van der Waals surface area contributed by atoms with Crippen molar-refractivity contribution in [2.45, 2.75) is 20.0 Å². The molecular formula is C25H28FN5O4. The van der Waals surface area contributed by atoms with Crippen LogP contribution in [0.25, 0.3) is 0 Å². The molecule has 1 amide bonds. The molecule has 0 aliphatic carbocycles. The topological polar surface area (TPSA) is 119 Å². The maximum atomic E-state index is 13.1. The van der Waals surface area contributed by atoms with E-state index in [4.69, 9.17) is 5.73 Å². The second-order valence-electron chi connectivity index (χ2n) is 8.11. The lowest BCUT2D eigenvalue weighted by atomic mass is 10.1. The second-order valence-corrected chi connectivity index (χ2v) is 8.11. The van der Waals surface area contributed by atoms with Gasteiger partial charge in [-0.1, -0.05) is 49.4 Å². The quantitative estimate of drug-likeness (QED) is 0.419. The van der Waals surface area contributed by atoms with Crippen LogP contribution in [0.4, 0.5) is 10.2 Å².